The number of esters is 1. The van der Waals surface area contributed by atoms with Gasteiger partial charge in [-0.1, -0.05) is 30.3 Å². The third-order valence-electron chi connectivity index (χ3n) is 4.06. The van der Waals surface area contributed by atoms with Crippen LogP contribution in [-0.4, -0.2) is 47.0 Å². The fraction of sp³-hybridized carbons (Fsp3) is 0.353. The van der Waals surface area contributed by atoms with Crippen molar-refractivity contribution >= 4 is 29.5 Å². The number of β-lactam (4-membered cyclic amide) rings is 1. The number of thioether (sulfide) groups is 1. The number of carbonyl (C=O) groups is 3. The van der Waals surface area contributed by atoms with Gasteiger partial charge in [0.1, 0.15) is 17.1 Å². The lowest BCUT2D eigenvalue weighted by atomic mass is 10.0. The van der Waals surface area contributed by atoms with Crippen LogP contribution in [0.5, 0.6) is 0 Å². The molecule has 24 heavy (non-hydrogen) atoms. The van der Waals surface area contributed by atoms with E-state index < -0.39 is 12.0 Å². The van der Waals surface area contributed by atoms with Crippen molar-refractivity contribution in [2.24, 2.45) is 0 Å². The molecular weight excluding hydrogens is 328 g/mol. The lowest BCUT2D eigenvalue weighted by Crippen LogP contribution is -2.70. The van der Waals surface area contributed by atoms with Crippen molar-refractivity contribution in [3.8, 4) is 0 Å². The molecule has 126 valence electrons. The third-order valence-corrected chi connectivity index (χ3v) is 5.49. The summed E-state index contributed by atoms with van der Waals surface area (Å²) in [6.45, 7) is 1.81. The summed E-state index contributed by atoms with van der Waals surface area (Å²) in [6, 6.07) is 8.75. The Hall–Kier alpha value is -2.28. The smallest absolute Gasteiger partial charge is 0.354 e. The zero-order valence-electron chi connectivity index (χ0n) is 13.4. The number of hydrogen-bond acceptors (Lipinski definition) is 5. The number of benzene rings is 1. The van der Waals surface area contributed by atoms with Crippen LogP contribution in [0.2, 0.25) is 0 Å². The van der Waals surface area contributed by atoms with E-state index in [0.29, 0.717) is 11.4 Å². The number of amides is 2. The summed E-state index contributed by atoms with van der Waals surface area (Å²) in [4.78, 5) is 37.9. The second-order valence-electron chi connectivity index (χ2n) is 5.74. The maximum absolute atomic E-state index is 12.4. The van der Waals surface area contributed by atoms with Crippen molar-refractivity contribution in [2.75, 3.05) is 12.9 Å². The van der Waals surface area contributed by atoms with Crippen LogP contribution in [0.1, 0.15) is 12.5 Å². The molecule has 1 fully saturated rings. The van der Waals surface area contributed by atoms with Gasteiger partial charge in [-0.05, 0) is 18.1 Å². The number of nitrogens with one attached hydrogen (secondary N) is 1. The largest absolute Gasteiger partial charge is 0.464 e. The predicted octanol–water partition coefficient (Wildman–Crippen LogP) is 1.08. The SMILES string of the molecule is COC(=O)C1=C(C)CS[C@H]2C(NC(=O)Cc3ccccc3)C(=O)N12. The van der Waals surface area contributed by atoms with Crippen LogP contribution >= 0.6 is 11.8 Å². The molecule has 6 nitrogen and oxygen atoms in total. The Balaban J connectivity index is 1.67. The van der Waals surface area contributed by atoms with Gasteiger partial charge < -0.3 is 10.1 Å². The molecule has 2 aliphatic rings. The van der Waals surface area contributed by atoms with Crippen molar-refractivity contribution in [1.82, 2.24) is 10.2 Å². The second-order valence-corrected chi connectivity index (χ2v) is 6.84. The molecule has 1 saturated heterocycles. The fourth-order valence-corrected chi connectivity index (χ4v) is 4.16. The Morgan fingerprint density at radius 1 is 1.33 bits per heavy atom. The van der Waals surface area contributed by atoms with Gasteiger partial charge in [0.15, 0.2) is 0 Å². The molecule has 1 aromatic carbocycles. The zero-order valence-corrected chi connectivity index (χ0v) is 14.3. The summed E-state index contributed by atoms with van der Waals surface area (Å²) in [7, 11) is 1.29. The van der Waals surface area contributed by atoms with Crippen LogP contribution in [0.25, 0.3) is 0 Å². The Bertz CT molecular complexity index is 717. The molecule has 1 N–H and O–H groups in total. The minimum absolute atomic E-state index is 0.203. The number of hydrogen-bond donors (Lipinski definition) is 1. The standard InChI is InChI=1S/C17H18N2O4S/c1-10-9-24-16-13(15(21)19(16)14(10)17(22)23-2)18-12(20)8-11-6-4-3-5-7-11/h3-7,13,16H,8-9H2,1-2H3,(H,18,20)/t13?,16-/m0/s1. The van der Waals surface area contributed by atoms with Gasteiger partial charge >= 0.3 is 5.97 Å². The van der Waals surface area contributed by atoms with Crippen molar-refractivity contribution in [3.05, 3.63) is 47.2 Å². The highest BCUT2D eigenvalue weighted by molar-refractivity contribution is 8.00. The first-order valence-electron chi connectivity index (χ1n) is 7.59. The highest BCUT2D eigenvalue weighted by Crippen LogP contribution is 2.40. The minimum Gasteiger partial charge on any atom is -0.464 e. The van der Waals surface area contributed by atoms with Crippen LogP contribution in [0.3, 0.4) is 0 Å². The van der Waals surface area contributed by atoms with E-state index in [-0.39, 0.29) is 23.6 Å². The molecular formula is C17H18N2O4S. The van der Waals surface area contributed by atoms with E-state index in [4.69, 9.17) is 4.74 Å². The van der Waals surface area contributed by atoms with Crippen molar-refractivity contribution in [1.29, 1.82) is 0 Å². The van der Waals surface area contributed by atoms with Crippen molar-refractivity contribution < 1.29 is 19.1 Å². The van der Waals surface area contributed by atoms with Gasteiger partial charge in [0, 0.05) is 5.75 Å². The normalized spacial score (nSPS) is 22.6. The fourth-order valence-electron chi connectivity index (χ4n) is 2.86. The first-order chi connectivity index (χ1) is 11.5. The molecule has 7 heteroatoms. The zero-order chi connectivity index (χ0) is 17.3. The lowest BCUT2D eigenvalue weighted by Gasteiger charge is -2.49. The summed E-state index contributed by atoms with van der Waals surface area (Å²) in [5, 5.41) is 2.53. The molecule has 3 rings (SSSR count). The Morgan fingerprint density at radius 2 is 2.04 bits per heavy atom. The Labute approximate surface area is 144 Å². The van der Waals surface area contributed by atoms with Gasteiger partial charge in [0.2, 0.25) is 5.91 Å². The van der Waals surface area contributed by atoms with Gasteiger partial charge in [-0.15, -0.1) is 11.8 Å². The lowest BCUT2D eigenvalue weighted by molar-refractivity contribution is -0.151. The number of ether oxygens (including phenoxy) is 1. The average Bonchev–Trinajstić information content (AvgIpc) is 2.59. The van der Waals surface area contributed by atoms with E-state index in [9.17, 15) is 14.4 Å². The van der Waals surface area contributed by atoms with E-state index in [0.717, 1.165) is 11.1 Å². The number of nitrogens with zero attached hydrogens (tertiary/aromatic N) is 1. The monoisotopic (exact) mass is 346 g/mol. The van der Waals surface area contributed by atoms with E-state index >= 15 is 0 Å². The van der Waals surface area contributed by atoms with Crippen LogP contribution in [0.4, 0.5) is 0 Å². The Kier molecular flexibility index (Phi) is 4.62. The predicted molar refractivity (Wildman–Crippen MR) is 89.9 cm³/mol. The van der Waals surface area contributed by atoms with Gasteiger partial charge in [-0.3, -0.25) is 14.5 Å². The van der Waals surface area contributed by atoms with Crippen molar-refractivity contribution in [2.45, 2.75) is 24.8 Å². The van der Waals surface area contributed by atoms with Gasteiger partial charge in [0.05, 0.1) is 13.5 Å². The molecule has 0 bridgehead atoms. The number of fused-ring (bicyclic) bond motifs is 1. The first-order valence-corrected chi connectivity index (χ1v) is 8.64. The minimum atomic E-state index is -0.598. The van der Waals surface area contributed by atoms with Crippen LogP contribution < -0.4 is 5.32 Å². The summed E-state index contributed by atoms with van der Waals surface area (Å²) >= 11 is 1.54. The molecule has 0 radical (unpaired) electrons. The maximum Gasteiger partial charge on any atom is 0.354 e. The maximum atomic E-state index is 12.4. The van der Waals surface area contributed by atoms with E-state index in [1.54, 1.807) is 0 Å². The summed E-state index contributed by atoms with van der Waals surface area (Å²) in [5.74, 6) is -0.358. The molecule has 0 saturated carbocycles. The molecule has 0 aromatic heterocycles. The number of methoxy groups -OCH3 is 1. The topological polar surface area (TPSA) is 75.7 Å². The van der Waals surface area contributed by atoms with Crippen LogP contribution in [-0.2, 0) is 25.5 Å². The highest BCUT2D eigenvalue weighted by Gasteiger charge is 2.53. The second kappa shape index (κ2) is 6.68. The number of carbonyl (C=O) groups excluding carboxylic acids is 3. The van der Waals surface area contributed by atoms with E-state index in [2.05, 4.69) is 5.32 Å². The number of rotatable bonds is 4. The van der Waals surface area contributed by atoms with Gasteiger partial charge in [0.25, 0.3) is 5.91 Å². The molecule has 0 aliphatic carbocycles. The van der Waals surface area contributed by atoms with Crippen molar-refractivity contribution in [3.63, 3.8) is 0 Å². The van der Waals surface area contributed by atoms with Crippen LogP contribution in [0.15, 0.2) is 41.6 Å². The third kappa shape index (κ3) is 2.91. The first kappa shape index (κ1) is 16.6. The average molecular weight is 346 g/mol. The van der Waals surface area contributed by atoms with E-state index in [1.165, 1.54) is 23.8 Å². The highest BCUT2D eigenvalue weighted by atomic mass is 32.2. The molecule has 2 atom stereocenters. The summed E-state index contributed by atoms with van der Waals surface area (Å²) in [5.41, 5.74) is 2.01. The summed E-state index contributed by atoms with van der Waals surface area (Å²) in [6.07, 6.45) is 0.223. The Morgan fingerprint density at radius 3 is 2.71 bits per heavy atom. The van der Waals surface area contributed by atoms with Gasteiger partial charge in [-0.25, -0.2) is 4.79 Å². The molecule has 2 aliphatic heterocycles. The molecule has 2 amide bonds. The van der Waals surface area contributed by atoms with Crippen LogP contribution in [0, 0.1) is 0 Å². The molecule has 2 heterocycles. The summed E-state index contributed by atoms with van der Waals surface area (Å²) < 4.78 is 4.77. The quantitative estimate of drug-likeness (QED) is 0.652. The molecule has 0 spiro atoms. The molecule has 1 unspecified atom stereocenters. The van der Waals surface area contributed by atoms with Gasteiger partial charge in [-0.2, -0.15) is 0 Å². The molecule has 1 aromatic rings. The van der Waals surface area contributed by atoms with E-state index in [1.807, 2.05) is 37.3 Å².